The standard InChI is InChI=1S/C57H35N3/c1-2-16-37(17-3-1)56-58-50(35-51(59-56)41-30-29-36-15-4-5-18-38(36)33-41)40-20-14-19-39(34-40)42-31-32-49-55-54(42)45-23-8-12-27-52(45)60(55)53-28-13-11-26-48(53)57(49)46-24-9-6-21-43(46)44-22-7-10-25-47(44)57/h1-35H. The van der Waals surface area contributed by atoms with Crippen molar-refractivity contribution < 1.29 is 0 Å². The SMILES string of the molecule is c1ccc(-c2nc(-c3cccc(-c4ccc5c6c4c4ccccc4n6-c4ccccc4C54c5ccccc5-c5ccccc54)c3)cc(-c3ccc4ccccc4c3)n2)cc1. The summed E-state index contributed by atoms with van der Waals surface area (Å²) in [4.78, 5) is 10.4. The molecule has 3 nitrogen and oxygen atoms in total. The van der Waals surface area contributed by atoms with E-state index in [-0.39, 0.29) is 0 Å². The number of hydrogen-bond acceptors (Lipinski definition) is 2. The molecule has 0 saturated heterocycles. The molecule has 0 unspecified atom stereocenters. The van der Waals surface area contributed by atoms with Crippen molar-refractivity contribution >= 4 is 32.6 Å². The summed E-state index contributed by atoms with van der Waals surface area (Å²) in [6.45, 7) is 0. The summed E-state index contributed by atoms with van der Waals surface area (Å²) in [7, 11) is 0. The number of aromatic nitrogens is 3. The van der Waals surface area contributed by atoms with Gasteiger partial charge in [0.1, 0.15) is 0 Å². The van der Waals surface area contributed by atoms with Gasteiger partial charge >= 0.3 is 0 Å². The van der Waals surface area contributed by atoms with Crippen molar-refractivity contribution in [1.82, 2.24) is 14.5 Å². The second-order valence-electron chi connectivity index (χ2n) is 16.1. The fraction of sp³-hybridized carbons (Fsp3) is 0.0175. The van der Waals surface area contributed by atoms with Crippen LogP contribution in [-0.4, -0.2) is 14.5 Å². The molecule has 2 aromatic heterocycles. The van der Waals surface area contributed by atoms with Gasteiger partial charge in [0, 0.05) is 27.5 Å². The number of fused-ring (bicyclic) bond motifs is 13. The maximum Gasteiger partial charge on any atom is 0.160 e. The number of para-hydroxylation sites is 2. The molecule has 0 amide bonds. The Bertz CT molecular complexity index is 3510. The molecular weight excluding hydrogens is 727 g/mol. The highest BCUT2D eigenvalue weighted by Crippen LogP contribution is 2.61. The van der Waals surface area contributed by atoms with Crippen LogP contribution in [0.3, 0.4) is 0 Å². The number of benzene rings is 9. The lowest BCUT2D eigenvalue weighted by Crippen LogP contribution is -2.33. The fourth-order valence-corrected chi connectivity index (χ4v) is 10.5. The molecular formula is C57H35N3. The molecule has 0 saturated carbocycles. The van der Waals surface area contributed by atoms with E-state index in [1.54, 1.807) is 0 Å². The first kappa shape index (κ1) is 33.1. The highest BCUT2D eigenvalue weighted by atomic mass is 15.0. The van der Waals surface area contributed by atoms with Crippen molar-refractivity contribution in [2.45, 2.75) is 5.41 Å². The third kappa shape index (κ3) is 4.54. The Morgan fingerprint density at radius 2 is 0.983 bits per heavy atom. The van der Waals surface area contributed by atoms with E-state index in [9.17, 15) is 0 Å². The van der Waals surface area contributed by atoms with Crippen molar-refractivity contribution in [1.29, 1.82) is 0 Å². The largest absolute Gasteiger partial charge is 0.309 e. The third-order valence-electron chi connectivity index (χ3n) is 13.0. The lowest BCUT2D eigenvalue weighted by Gasteiger charge is -2.39. The molecule has 3 heteroatoms. The summed E-state index contributed by atoms with van der Waals surface area (Å²) >= 11 is 0. The van der Waals surface area contributed by atoms with Gasteiger partial charge in [-0.15, -0.1) is 0 Å². The van der Waals surface area contributed by atoms with Crippen LogP contribution in [0.2, 0.25) is 0 Å². The Morgan fingerprint density at radius 3 is 1.78 bits per heavy atom. The summed E-state index contributed by atoms with van der Waals surface area (Å²) in [6.07, 6.45) is 0. The molecule has 3 heterocycles. The molecule has 13 rings (SSSR count). The second kappa shape index (κ2) is 12.6. The van der Waals surface area contributed by atoms with Crippen LogP contribution in [0.4, 0.5) is 0 Å². The molecule has 0 radical (unpaired) electrons. The van der Waals surface area contributed by atoms with Crippen LogP contribution in [0.1, 0.15) is 22.3 Å². The highest BCUT2D eigenvalue weighted by Gasteiger charge is 2.50. The summed E-state index contributed by atoms with van der Waals surface area (Å²) in [5, 5.41) is 4.90. The average molecular weight is 762 g/mol. The Balaban J connectivity index is 1.06. The predicted octanol–water partition coefficient (Wildman–Crippen LogP) is 14.1. The molecule has 0 fully saturated rings. The quantitative estimate of drug-likeness (QED) is 0.179. The highest BCUT2D eigenvalue weighted by molar-refractivity contribution is 6.18. The van der Waals surface area contributed by atoms with E-state index in [2.05, 4.69) is 199 Å². The molecule has 0 N–H and O–H groups in total. The van der Waals surface area contributed by atoms with Crippen LogP contribution in [0.25, 0.3) is 94.4 Å². The first-order chi connectivity index (χ1) is 29.8. The number of rotatable bonds is 4. The van der Waals surface area contributed by atoms with E-state index < -0.39 is 5.41 Å². The molecule has 1 aliphatic carbocycles. The zero-order valence-corrected chi connectivity index (χ0v) is 32.5. The predicted molar refractivity (Wildman–Crippen MR) is 246 cm³/mol. The maximum atomic E-state index is 5.25. The van der Waals surface area contributed by atoms with Crippen molar-refractivity contribution in [3.63, 3.8) is 0 Å². The summed E-state index contributed by atoms with van der Waals surface area (Å²) in [5.41, 5.74) is 18.4. The van der Waals surface area contributed by atoms with Crippen LogP contribution in [-0.2, 0) is 5.41 Å². The van der Waals surface area contributed by atoms with Gasteiger partial charge in [-0.1, -0.05) is 182 Å². The van der Waals surface area contributed by atoms with E-state index in [4.69, 9.17) is 9.97 Å². The van der Waals surface area contributed by atoms with Gasteiger partial charge in [-0.3, -0.25) is 0 Å². The minimum atomic E-state index is -0.471. The topological polar surface area (TPSA) is 30.7 Å². The monoisotopic (exact) mass is 761 g/mol. The van der Waals surface area contributed by atoms with Crippen LogP contribution in [0, 0.1) is 0 Å². The van der Waals surface area contributed by atoms with Gasteiger partial charge in [0.2, 0.25) is 0 Å². The molecule has 2 aliphatic rings. The molecule has 0 bridgehead atoms. The van der Waals surface area contributed by atoms with E-state index in [1.807, 2.05) is 18.2 Å². The average Bonchev–Trinajstić information content (AvgIpc) is 3.83. The van der Waals surface area contributed by atoms with Gasteiger partial charge in [-0.25, -0.2) is 9.97 Å². The summed E-state index contributed by atoms with van der Waals surface area (Å²) in [5.74, 6) is 0.708. The van der Waals surface area contributed by atoms with E-state index in [1.165, 1.54) is 77.2 Å². The lowest BCUT2D eigenvalue weighted by atomic mass is 9.65. The molecule has 9 aromatic carbocycles. The molecule has 0 atom stereocenters. The molecule has 1 aliphatic heterocycles. The smallest absolute Gasteiger partial charge is 0.160 e. The lowest BCUT2D eigenvalue weighted by molar-refractivity contribution is 0.748. The first-order valence-electron chi connectivity index (χ1n) is 20.7. The van der Waals surface area contributed by atoms with Crippen molar-refractivity contribution in [2.75, 3.05) is 0 Å². The normalized spacial score (nSPS) is 13.1. The van der Waals surface area contributed by atoms with Gasteiger partial charge in [0.15, 0.2) is 5.82 Å². The molecule has 1 spiro atoms. The minimum Gasteiger partial charge on any atom is -0.309 e. The van der Waals surface area contributed by atoms with Crippen LogP contribution < -0.4 is 0 Å². The second-order valence-corrected chi connectivity index (χ2v) is 16.1. The van der Waals surface area contributed by atoms with Crippen LogP contribution >= 0.6 is 0 Å². The zero-order valence-electron chi connectivity index (χ0n) is 32.5. The Morgan fingerprint density at radius 1 is 0.367 bits per heavy atom. The van der Waals surface area contributed by atoms with Gasteiger partial charge in [-0.05, 0) is 85.6 Å². The van der Waals surface area contributed by atoms with Gasteiger partial charge in [0.25, 0.3) is 0 Å². The maximum absolute atomic E-state index is 5.25. The fourth-order valence-electron chi connectivity index (χ4n) is 10.5. The van der Waals surface area contributed by atoms with Gasteiger partial charge in [-0.2, -0.15) is 0 Å². The van der Waals surface area contributed by atoms with E-state index >= 15 is 0 Å². The van der Waals surface area contributed by atoms with E-state index in [0.717, 1.165) is 33.6 Å². The molecule has 278 valence electrons. The van der Waals surface area contributed by atoms with Crippen molar-refractivity contribution in [2.24, 2.45) is 0 Å². The summed E-state index contributed by atoms with van der Waals surface area (Å²) in [6, 6.07) is 77.3. The van der Waals surface area contributed by atoms with Gasteiger partial charge < -0.3 is 4.57 Å². The Labute approximate surface area is 347 Å². The van der Waals surface area contributed by atoms with Crippen molar-refractivity contribution in [3.8, 4) is 61.8 Å². The first-order valence-corrected chi connectivity index (χ1v) is 20.7. The minimum absolute atomic E-state index is 0.471. The number of nitrogens with zero attached hydrogens (tertiary/aromatic N) is 3. The van der Waals surface area contributed by atoms with Gasteiger partial charge in [0.05, 0.1) is 33.5 Å². The number of hydrogen-bond donors (Lipinski definition) is 0. The third-order valence-corrected chi connectivity index (χ3v) is 13.0. The molecule has 11 aromatic rings. The summed E-state index contributed by atoms with van der Waals surface area (Å²) < 4.78 is 2.53. The van der Waals surface area contributed by atoms with Crippen molar-refractivity contribution in [3.05, 3.63) is 235 Å². The Kier molecular flexibility index (Phi) is 6.93. The molecule has 60 heavy (non-hydrogen) atoms. The Hall–Kier alpha value is -7.88. The van der Waals surface area contributed by atoms with E-state index in [0.29, 0.717) is 5.82 Å². The zero-order chi connectivity index (χ0) is 39.4. The van der Waals surface area contributed by atoms with Crippen LogP contribution in [0.5, 0.6) is 0 Å². The van der Waals surface area contributed by atoms with Crippen LogP contribution in [0.15, 0.2) is 212 Å².